The van der Waals surface area contributed by atoms with Gasteiger partial charge in [-0.2, -0.15) is 0 Å². The van der Waals surface area contributed by atoms with E-state index < -0.39 is 0 Å². The number of ether oxygens (including phenoxy) is 3. The van der Waals surface area contributed by atoms with Crippen LogP contribution in [0.1, 0.15) is 11.1 Å². The molecule has 0 saturated heterocycles. The van der Waals surface area contributed by atoms with Crippen molar-refractivity contribution in [3.05, 3.63) is 53.3 Å². The van der Waals surface area contributed by atoms with Crippen molar-refractivity contribution in [1.82, 2.24) is 0 Å². The van der Waals surface area contributed by atoms with Crippen LogP contribution in [0.3, 0.4) is 0 Å². The SMILES string of the molecule is NCc1cc(COc2ccc3c(c2)OCO3)ccc1F. The topological polar surface area (TPSA) is 53.7 Å². The third kappa shape index (κ3) is 2.53. The number of benzene rings is 2. The van der Waals surface area contributed by atoms with E-state index >= 15 is 0 Å². The summed E-state index contributed by atoms with van der Waals surface area (Å²) in [7, 11) is 0. The first kappa shape index (κ1) is 12.7. The van der Waals surface area contributed by atoms with Crippen molar-refractivity contribution in [3.63, 3.8) is 0 Å². The maximum atomic E-state index is 13.3. The Morgan fingerprint density at radius 1 is 1.10 bits per heavy atom. The van der Waals surface area contributed by atoms with Crippen molar-refractivity contribution in [3.8, 4) is 17.2 Å². The first-order valence-corrected chi connectivity index (χ1v) is 6.26. The van der Waals surface area contributed by atoms with Gasteiger partial charge < -0.3 is 19.9 Å². The molecule has 0 radical (unpaired) electrons. The molecule has 104 valence electrons. The minimum absolute atomic E-state index is 0.170. The molecule has 0 amide bonds. The highest BCUT2D eigenvalue weighted by Gasteiger charge is 2.13. The van der Waals surface area contributed by atoms with Crippen LogP contribution >= 0.6 is 0 Å². The van der Waals surface area contributed by atoms with E-state index in [0.717, 1.165) is 5.56 Å². The molecule has 0 bridgehead atoms. The van der Waals surface area contributed by atoms with Gasteiger partial charge in [0.2, 0.25) is 6.79 Å². The lowest BCUT2D eigenvalue weighted by Gasteiger charge is -2.08. The van der Waals surface area contributed by atoms with Crippen LogP contribution in [0, 0.1) is 5.82 Å². The van der Waals surface area contributed by atoms with Crippen LogP contribution < -0.4 is 19.9 Å². The van der Waals surface area contributed by atoms with Gasteiger partial charge in [0.1, 0.15) is 18.2 Å². The highest BCUT2D eigenvalue weighted by Crippen LogP contribution is 2.35. The van der Waals surface area contributed by atoms with Gasteiger partial charge in [0.15, 0.2) is 11.5 Å². The Labute approximate surface area is 115 Å². The smallest absolute Gasteiger partial charge is 0.231 e. The van der Waals surface area contributed by atoms with E-state index in [9.17, 15) is 4.39 Å². The fraction of sp³-hybridized carbons (Fsp3) is 0.200. The van der Waals surface area contributed by atoms with Crippen molar-refractivity contribution >= 4 is 0 Å². The van der Waals surface area contributed by atoms with Crippen molar-refractivity contribution in [1.29, 1.82) is 0 Å². The van der Waals surface area contributed by atoms with E-state index in [0.29, 0.717) is 29.4 Å². The van der Waals surface area contributed by atoms with Gasteiger partial charge in [0.05, 0.1) is 0 Å². The van der Waals surface area contributed by atoms with E-state index in [1.54, 1.807) is 30.3 Å². The summed E-state index contributed by atoms with van der Waals surface area (Å²) in [6.07, 6.45) is 0. The normalized spacial score (nSPS) is 12.5. The molecule has 0 saturated carbocycles. The molecule has 20 heavy (non-hydrogen) atoms. The zero-order chi connectivity index (χ0) is 13.9. The van der Waals surface area contributed by atoms with Crippen molar-refractivity contribution in [2.75, 3.05) is 6.79 Å². The van der Waals surface area contributed by atoms with Crippen LogP contribution in [-0.2, 0) is 13.2 Å². The van der Waals surface area contributed by atoms with E-state index in [1.165, 1.54) is 6.07 Å². The molecular formula is C15H14FNO3. The van der Waals surface area contributed by atoms with Crippen molar-refractivity contribution in [2.45, 2.75) is 13.2 Å². The molecule has 2 aromatic rings. The second-order valence-corrected chi connectivity index (χ2v) is 4.43. The van der Waals surface area contributed by atoms with Gasteiger partial charge in [0.25, 0.3) is 0 Å². The van der Waals surface area contributed by atoms with Crippen molar-refractivity contribution in [2.24, 2.45) is 5.73 Å². The van der Waals surface area contributed by atoms with Crippen LogP contribution in [0.15, 0.2) is 36.4 Å². The monoisotopic (exact) mass is 275 g/mol. The Bertz CT molecular complexity index is 620. The van der Waals surface area contributed by atoms with Gasteiger partial charge in [-0.1, -0.05) is 6.07 Å². The molecule has 1 aliphatic heterocycles. The lowest BCUT2D eigenvalue weighted by atomic mass is 10.1. The average Bonchev–Trinajstić information content (AvgIpc) is 2.94. The molecule has 2 N–H and O–H groups in total. The fourth-order valence-electron chi connectivity index (χ4n) is 2.01. The Kier molecular flexibility index (Phi) is 3.43. The van der Waals surface area contributed by atoms with Gasteiger partial charge in [-0.05, 0) is 29.8 Å². The minimum Gasteiger partial charge on any atom is -0.489 e. The third-order valence-electron chi connectivity index (χ3n) is 3.08. The number of hydrogen-bond donors (Lipinski definition) is 1. The molecule has 0 unspecified atom stereocenters. The predicted octanol–water partition coefficient (Wildman–Crippen LogP) is 2.59. The molecule has 0 fully saturated rings. The summed E-state index contributed by atoms with van der Waals surface area (Å²) in [5, 5.41) is 0. The molecule has 0 aliphatic carbocycles. The molecule has 0 aromatic heterocycles. The molecule has 3 rings (SSSR count). The summed E-state index contributed by atoms with van der Waals surface area (Å²) in [5.74, 6) is 1.76. The minimum atomic E-state index is -0.292. The first-order chi connectivity index (χ1) is 9.76. The van der Waals surface area contributed by atoms with Gasteiger partial charge in [-0.3, -0.25) is 0 Å². The summed E-state index contributed by atoms with van der Waals surface area (Å²) >= 11 is 0. The fourth-order valence-corrected chi connectivity index (χ4v) is 2.01. The zero-order valence-corrected chi connectivity index (χ0v) is 10.8. The maximum absolute atomic E-state index is 13.3. The zero-order valence-electron chi connectivity index (χ0n) is 10.8. The maximum Gasteiger partial charge on any atom is 0.231 e. The van der Waals surface area contributed by atoms with Gasteiger partial charge in [0, 0.05) is 18.2 Å². The molecule has 0 spiro atoms. The van der Waals surface area contributed by atoms with Crippen LogP contribution in [0.5, 0.6) is 17.2 Å². The highest BCUT2D eigenvalue weighted by molar-refractivity contribution is 5.46. The van der Waals surface area contributed by atoms with E-state index in [-0.39, 0.29) is 19.2 Å². The summed E-state index contributed by atoms with van der Waals surface area (Å²) in [6.45, 7) is 0.743. The van der Waals surface area contributed by atoms with Crippen LogP contribution in [0.4, 0.5) is 4.39 Å². The van der Waals surface area contributed by atoms with E-state index in [2.05, 4.69) is 0 Å². The Morgan fingerprint density at radius 2 is 1.95 bits per heavy atom. The molecule has 1 heterocycles. The van der Waals surface area contributed by atoms with Crippen LogP contribution in [0.2, 0.25) is 0 Å². The number of rotatable bonds is 4. The molecule has 2 aromatic carbocycles. The van der Waals surface area contributed by atoms with Gasteiger partial charge >= 0.3 is 0 Å². The van der Waals surface area contributed by atoms with Crippen LogP contribution in [-0.4, -0.2) is 6.79 Å². The van der Waals surface area contributed by atoms with Crippen molar-refractivity contribution < 1.29 is 18.6 Å². The number of halogens is 1. The second-order valence-electron chi connectivity index (χ2n) is 4.43. The summed E-state index contributed by atoms with van der Waals surface area (Å²) in [6, 6.07) is 10.2. The van der Waals surface area contributed by atoms with Gasteiger partial charge in [-0.15, -0.1) is 0 Å². The molecule has 5 heteroatoms. The lowest BCUT2D eigenvalue weighted by molar-refractivity contribution is 0.173. The van der Waals surface area contributed by atoms with Gasteiger partial charge in [-0.25, -0.2) is 4.39 Å². The first-order valence-electron chi connectivity index (χ1n) is 6.26. The van der Waals surface area contributed by atoms with E-state index in [4.69, 9.17) is 19.9 Å². The predicted molar refractivity (Wildman–Crippen MR) is 71.2 cm³/mol. The number of hydrogen-bond acceptors (Lipinski definition) is 4. The lowest BCUT2D eigenvalue weighted by Crippen LogP contribution is -2.02. The Balaban J connectivity index is 1.70. The Hall–Kier alpha value is -2.27. The number of nitrogens with two attached hydrogens (primary N) is 1. The molecule has 4 nitrogen and oxygen atoms in total. The summed E-state index contributed by atoms with van der Waals surface area (Å²) in [4.78, 5) is 0. The molecule has 0 atom stereocenters. The standard InChI is InChI=1S/C15H14FNO3/c16-13-3-1-10(5-11(13)7-17)8-18-12-2-4-14-15(6-12)20-9-19-14/h1-6H,7-9,17H2. The summed E-state index contributed by atoms with van der Waals surface area (Å²) < 4.78 is 29.5. The Morgan fingerprint density at radius 3 is 2.80 bits per heavy atom. The summed E-state index contributed by atoms with van der Waals surface area (Å²) in [5.41, 5.74) is 6.83. The number of fused-ring (bicyclic) bond motifs is 1. The average molecular weight is 275 g/mol. The highest BCUT2D eigenvalue weighted by atomic mass is 19.1. The quantitative estimate of drug-likeness (QED) is 0.931. The van der Waals surface area contributed by atoms with E-state index in [1.807, 2.05) is 0 Å². The molecule has 1 aliphatic rings. The van der Waals surface area contributed by atoms with Crippen LogP contribution in [0.25, 0.3) is 0 Å². The molecular weight excluding hydrogens is 261 g/mol. The third-order valence-corrected chi connectivity index (χ3v) is 3.08. The second kappa shape index (κ2) is 5.38. The largest absolute Gasteiger partial charge is 0.489 e.